The van der Waals surface area contributed by atoms with Crippen LogP contribution in [0.4, 0.5) is 5.69 Å². The number of hydrogen-bond acceptors (Lipinski definition) is 3. The lowest BCUT2D eigenvalue weighted by Crippen LogP contribution is -2.42. The first kappa shape index (κ1) is 16.5. The van der Waals surface area contributed by atoms with Crippen molar-refractivity contribution in [2.24, 2.45) is 5.92 Å². The van der Waals surface area contributed by atoms with E-state index in [1.165, 1.54) is 12.8 Å². The molecule has 1 saturated heterocycles. The summed E-state index contributed by atoms with van der Waals surface area (Å²) in [5.41, 5.74) is 1.97. The highest BCUT2D eigenvalue weighted by molar-refractivity contribution is 9.10. The molecule has 1 aliphatic rings. The van der Waals surface area contributed by atoms with Gasteiger partial charge in [-0.15, -0.1) is 0 Å². The maximum absolute atomic E-state index is 12.2. The molecular weight excluding hydrogens is 330 g/mol. The number of nitrogens with zero attached hydrogens (tertiary/aromatic N) is 1. The number of aryl methyl sites for hydroxylation is 1. The summed E-state index contributed by atoms with van der Waals surface area (Å²) >= 11 is 3.44. The van der Waals surface area contributed by atoms with E-state index in [0.717, 1.165) is 35.4 Å². The second-order valence-corrected chi connectivity index (χ2v) is 6.72. The molecular formula is C16H24BrN3O. The van der Waals surface area contributed by atoms with E-state index in [1.807, 2.05) is 32.2 Å². The molecule has 1 unspecified atom stereocenters. The molecule has 2 rings (SSSR count). The molecule has 1 heterocycles. The van der Waals surface area contributed by atoms with E-state index < -0.39 is 0 Å². The van der Waals surface area contributed by atoms with Crippen LogP contribution in [0.15, 0.2) is 22.7 Å². The zero-order valence-corrected chi connectivity index (χ0v) is 14.4. The van der Waals surface area contributed by atoms with Crippen molar-refractivity contribution in [1.29, 1.82) is 0 Å². The van der Waals surface area contributed by atoms with E-state index >= 15 is 0 Å². The van der Waals surface area contributed by atoms with Crippen molar-refractivity contribution in [3.63, 3.8) is 0 Å². The summed E-state index contributed by atoms with van der Waals surface area (Å²) in [5.74, 6) is 0.733. The predicted octanol–water partition coefficient (Wildman–Crippen LogP) is 2.63. The third-order valence-corrected chi connectivity index (χ3v) is 4.42. The Kier molecular flexibility index (Phi) is 6.21. The molecule has 116 valence electrons. The lowest BCUT2D eigenvalue weighted by molar-refractivity contribution is -0.117. The van der Waals surface area contributed by atoms with Gasteiger partial charge in [0.05, 0.1) is 6.54 Å². The number of carbonyl (C=O) groups is 1. The number of piperidine rings is 1. The van der Waals surface area contributed by atoms with Crippen LogP contribution in [-0.2, 0) is 4.79 Å². The Balaban J connectivity index is 1.86. The largest absolute Gasteiger partial charge is 0.325 e. The minimum Gasteiger partial charge on any atom is -0.325 e. The molecule has 1 fully saturated rings. The Bertz CT molecular complexity index is 490. The van der Waals surface area contributed by atoms with Crippen molar-refractivity contribution in [3.05, 3.63) is 28.2 Å². The second-order valence-electron chi connectivity index (χ2n) is 5.81. The summed E-state index contributed by atoms with van der Waals surface area (Å²) in [7, 11) is 1.99. The standard InChI is InChI=1S/C16H24BrN3O/c1-12-8-14(17)5-6-15(12)19-16(21)11-20-7-3-4-13(10-20)9-18-2/h5-6,8,13,18H,3-4,7,9-11H2,1-2H3,(H,19,21). The third kappa shape index (κ3) is 5.09. The number of halogens is 1. The van der Waals surface area contributed by atoms with Crippen molar-refractivity contribution < 1.29 is 4.79 Å². The van der Waals surface area contributed by atoms with Gasteiger partial charge in [-0.3, -0.25) is 9.69 Å². The third-order valence-electron chi connectivity index (χ3n) is 3.93. The Hall–Kier alpha value is -0.910. The maximum atomic E-state index is 12.2. The average molecular weight is 354 g/mol. The summed E-state index contributed by atoms with van der Waals surface area (Å²) in [5, 5.41) is 6.25. The number of likely N-dealkylation sites (tertiary alicyclic amines) is 1. The van der Waals surface area contributed by atoms with Gasteiger partial charge in [-0.2, -0.15) is 0 Å². The molecule has 0 aromatic heterocycles. The van der Waals surface area contributed by atoms with Crippen LogP contribution in [0, 0.1) is 12.8 Å². The molecule has 1 aromatic carbocycles. The first-order valence-corrected chi connectivity index (χ1v) is 8.30. The van der Waals surface area contributed by atoms with Gasteiger partial charge in [0.1, 0.15) is 0 Å². The summed E-state index contributed by atoms with van der Waals surface area (Å²) in [6.45, 7) is 5.55. The van der Waals surface area contributed by atoms with Gasteiger partial charge in [0, 0.05) is 16.7 Å². The summed E-state index contributed by atoms with van der Waals surface area (Å²) in [6.07, 6.45) is 2.43. The van der Waals surface area contributed by atoms with E-state index in [1.54, 1.807) is 0 Å². The Morgan fingerprint density at radius 2 is 2.29 bits per heavy atom. The first-order chi connectivity index (χ1) is 10.1. The molecule has 1 atom stereocenters. The van der Waals surface area contributed by atoms with E-state index in [9.17, 15) is 4.79 Å². The van der Waals surface area contributed by atoms with E-state index in [-0.39, 0.29) is 5.91 Å². The van der Waals surface area contributed by atoms with Gasteiger partial charge in [0.25, 0.3) is 0 Å². The molecule has 0 aliphatic carbocycles. The summed E-state index contributed by atoms with van der Waals surface area (Å²) in [4.78, 5) is 14.5. The molecule has 0 radical (unpaired) electrons. The normalized spacial score (nSPS) is 19.5. The van der Waals surface area contributed by atoms with Gasteiger partial charge >= 0.3 is 0 Å². The molecule has 4 nitrogen and oxygen atoms in total. The lowest BCUT2D eigenvalue weighted by Gasteiger charge is -2.32. The minimum atomic E-state index is 0.0746. The number of nitrogens with one attached hydrogen (secondary N) is 2. The molecule has 0 saturated carbocycles. The Morgan fingerprint density at radius 1 is 1.48 bits per heavy atom. The predicted molar refractivity (Wildman–Crippen MR) is 90.6 cm³/mol. The number of carbonyl (C=O) groups excluding carboxylic acids is 1. The van der Waals surface area contributed by atoms with Gasteiger partial charge in [-0.25, -0.2) is 0 Å². The van der Waals surface area contributed by atoms with Gasteiger partial charge in [-0.05, 0) is 69.6 Å². The zero-order chi connectivity index (χ0) is 15.2. The second kappa shape index (κ2) is 7.92. The molecule has 1 aliphatic heterocycles. The SMILES string of the molecule is CNCC1CCCN(CC(=O)Nc2ccc(Br)cc2C)C1. The van der Waals surface area contributed by atoms with Gasteiger partial charge in [0.2, 0.25) is 5.91 Å². The minimum absolute atomic E-state index is 0.0746. The van der Waals surface area contributed by atoms with Crippen LogP contribution in [0.2, 0.25) is 0 Å². The van der Waals surface area contributed by atoms with Crippen LogP contribution < -0.4 is 10.6 Å². The fraction of sp³-hybridized carbons (Fsp3) is 0.562. The van der Waals surface area contributed by atoms with Gasteiger partial charge < -0.3 is 10.6 Å². The topological polar surface area (TPSA) is 44.4 Å². The van der Waals surface area contributed by atoms with E-state index in [4.69, 9.17) is 0 Å². The number of benzene rings is 1. The fourth-order valence-corrected chi connectivity index (χ4v) is 3.39. The molecule has 1 amide bonds. The maximum Gasteiger partial charge on any atom is 0.238 e. The average Bonchev–Trinajstić information content (AvgIpc) is 2.43. The summed E-state index contributed by atoms with van der Waals surface area (Å²) < 4.78 is 1.03. The molecule has 0 bridgehead atoms. The number of rotatable bonds is 5. The molecule has 0 spiro atoms. The quantitative estimate of drug-likeness (QED) is 0.855. The van der Waals surface area contributed by atoms with Crippen LogP contribution in [-0.4, -0.2) is 44.0 Å². The molecule has 21 heavy (non-hydrogen) atoms. The van der Waals surface area contributed by atoms with E-state index in [2.05, 4.69) is 31.5 Å². The van der Waals surface area contributed by atoms with Gasteiger partial charge in [-0.1, -0.05) is 15.9 Å². The van der Waals surface area contributed by atoms with Crippen molar-refractivity contribution in [1.82, 2.24) is 10.2 Å². The van der Waals surface area contributed by atoms with Crippen molar-refractivity contribution >= 4 is 27.5 Å². The van der Waals surface area contributed by atoms with E-state index in [0.29, 0.717) is 12.5 Å². The van der Waals surface area contributed by atoms with Crippen LogP contribution in [0.5, 0.6) is 0 Å². The van der Waals surface area contributed by atoms with Crippen molar-refractivity contribution in [3.8, 4) is 0 Å². The number of amides is 1. The first-order valence-electron chi connectivity index (χ1n) is 7.51. The lowest BCUT2D eigenvalue weighted by atomic mass is 9.98. The number of hydrogen-bond donors (Lipinski definition) is 2. The molecule has 2 N–H and O–H groups in total. The van der Waals surface area contributed by atoms with Crippen LogP contribution in [0.25, 0.3) is 0 Å². The Morgan fingerprint density at radius 3 is 3.00 bits per heavy atom. The highest BCUT2D eigenvalue weighted by Gasteiger charge is 2.21. The summed E-state index contributed by atoms with van der Waals surface area (Å²) in [6, 6.07) is 5.91. The Labute approximate surface area is 135 Å². The zero-order valence-electron chi connectivity index (χ0n) is 12.8. The van der Waals surface area contributed by atoms with Crippen molar-refractivity contribution in [2.45, 2.75) is 19.8 Å². The molecule has 1 aromatic rings. The van der Waals surface area contributed by atoms with Crippen molar-refractivity contribution in [2.75, 3.05) is 38.5 Å². The number of anilines is 1. The fourth-order valence-electron chi connectivity index (χ4n) is 2.91. The highest BCUT2D eigenvalue weighted by Crippen LogP contribution is 2.20. The van der Waals surface area contributed by atoms with Crippen LogP contribution in [0.1, 0.15) is 18.4 Å². The van der Waals surface area contributed by atoms with Gasteiger partial charge in [0.15, 0.2) is 0 Å². The monoisotopic (exact) mass is 353 g/mol. The highest BCUT2D eigenvalue weighted by atomic mass is 79.9. The molecule has 5 heteroatoms. The smallest absolute Gasteiger partial charge is 0.238 e. The van der Waals surface area contributed by atoms with Crippen LogP contribution >= 0.6 is 15.9 Å². The van der Waals surface area contributed by atoms with Crippen LogP contribution in [0.3, 0.4) is 0 Å².